The number of nitrogens with one attached hydrogen (secondary N) is 1. The average Bonchev–Trinajstić information content (AvgIpc) is 2.79. The molecule has 0 aromatic heterocycles. The van der Waals surface area contributed by atoms with Gasteiger partial charge in [-0.1, -0.05) is 54.6 Å². The number of hydrogen-bond donors (Lipinski definition) is 1. The molecule has 1 aliphatic rings. The third-order valence-corrected chi connectivity index (χ3v) is 4.76. The van der Waals surface area contributed by atoms with Crippen molar-refractivity contribution in [2.24, 2.45) is 0 Å². The first-order chi connectivity index (χ1) is 14.2. The highest BCUT2D eigenvalue weighted by Gasteiger charge is 2.18. The van der Waals surface area contributed by atoms with Gasteiger partial charge in [0.1, 0.15) is 13.2 Å². The number of fused-ring (bicyclic) bond motifs is 1. The summed E-state index contributed by atoms with van der Waals surface area (Å²) in [5.41, 5.74) is 2.38. The van der Waals surface area contributed by atoms with Crippen LogP contribution in [0.25, 0.3) is 0 Å². The van der Waals surface area contributed by atoms with E-state index in [4.69, 9.17) is 9.47 Å². The Hall–Kier alpha value is -3.60. The molecule has 4 rings (SSSR count). The lowest BCUT2D eigenvalue weighted by atomic mass is 9.98. The van der Waals surface area contributed by atoms with Gasteiger partial charge in [0, 0.05) is 17.7 Å². The first-order valence-electron chi connectivity index (χ1n) is 9.58. The van der Waals surface area contributed by atoms with Gasteiger partial charge in [0.15, 0.2) is 17.3 Å². The van der Waals surface area contributed by atoms with E-state index >= 15 is 0 Å². The number of hydrogen-bond acceptors (Lipinski definition) is 4. The van der Waals surface area contributed by atoms with Crippen molar-refractivity contribution in [3.63, 3.8) is 0 Å². The van der Waals surface area contributed by atoms with Gasteiger partial charge < -0.3 is 14.8 Å². The lowest BCUT2D eigenvalue weighted by Crippen LogP contribution is -2.27. The first kappa shape index (κ1) is 18.7. The van der Waals surface area contributed by atoms with Crippen LogP contribution in [0.3, 0.4) is 0 Å². The Labute approximate surface area is 169 Å². The largest absolute Gasteiger partial charge is 0.486 e. The molecule has 0 spiro atoms. The molecule has 0 bridgehead atoms. The van der Waals surface area contributed by atoms with Gasteiger partial charge >= 0.3 is 0 Å². The van der Waals surface area contributed by atoms with Crippen molar-refractivity contribution < 1.29 is 19.1 Å². The van der Waals surface area contributed by atoms with Crippen molar-refractivity contribution in [2.45, 2.75) is 6.42 Å². The van der Waals surface area contributed by atoms with Gasteiger partial charge in [-0.2, -0.15) is 0 Å². The highest BCUT2D eigenvalue weighted by atomic mass is 16.6. The normalized spacial score (nSPS) is 12.3. The summed E-state index contributed by atoms with van der Waals surface area (Å²) in [6, 6.07) is 21.7. The molecule has 0 atom stereocenters. The van der Waals surface area contributed by atoms with E-state index < -0.39 is 0 Å². The second-order valence-electron chi connectivity index (χ2n) is 6.72. The monoisotopic (exact) mass is 387 g/mol. The Balaban J connectivity index is 1.42. The molecule has 1 N–H and O–H groups in total. The maximum absolute atomic E-state index is 12.8. The third-order valence-electron chi connectivity index (χ3n) is 4.76. The van der Waals surface area contributed by atoms with Crippen LogP contribution in [0.4, 0.5) is 0 Å². The van der Waals surface area contributed by atoms with Gasteiger partial charge in [-0.25, -0.2) is 0 Å². The molecular formula is C24H21NO4. The number of carbonyl (C=O) groups is 2. The predicted molar refractivity (Wildman–Crippen MR) is 110 cm³/mol. The van der Waals surface area contributed by atoms with E-state index in [-0.39, 0.29) is 11.7 Å². The minimum Gasteiger partial charge on any atom is -0.486 e. The number of ketones is 1. The van der Waals surface area contributed by atoms with Crippen LogP contribution in [0.1, 0.15) is 31.8 Å². The van der Waals surface area contributed by atoms with E-state index in [0.717, 1.165) is 17.1 Å². The van der Waals surface area contributed by atoms with Gasteiger partial charge in [0.25, 0.3) is 5.91 Å². The van der Waals surface area contributed by atoms with Crippen molar-refractivity contribution in [3.05, 3.63) is 95.1 Å². The molecule has 0 unspecified atom stereocenters. The predicted octanol–water partition coefficient (Wildman–Crippen LogP) is 3.66. The number of amides is 1. The molecule has 29 heavy (non-hydrogen) atoms. The molecule has 0 radical (unpaired) electrons. The van der Waals surface area contributed by atoms with Crippen molar-refractivity contribution in [1.82, 2.24) is 5.32 Å². The molecule has 0 saturated carbocycles. The maximum atomic E-state index is 12.8. The van der Waals surface area contributed by atoms with E-state index in [1.54, 1.807) is 36.4 Å². The molecule has 3 aromatic rings. The molecule has 5 heteroatoms. The summed E-state index contributed by atoms with van der Waals surface area (Å²) >= 11 is 0. The van der Waals surface area contributed by atoms with E-state index in [1.807, 2.05) is 36.4 Å². The second kappa shape index (κ2) is 8.61. The number of ether oxygens (including phenoxy) is 2. The topological polar surface area (TPSA) is 64.6 Å². The molecule has 0 fully saturated rings. The van der Waals surface area contributed by atoms with Crippen molar-refractivity contribution >= 4 is 11.7 Å². The van der Waals surface area contributed by atoms with Crippen LogP contribution >= 0.6 is 0 Å². The van der Waals surface area contributed by atoms with Crippen LogP contribution in [0.15, 0.2) is 72.8 Å². The minimum atomic E-state index is -0.262. The molecule has 0 aliphatic carbocycles. The van der Waals surface area contributed by atoms with Crippen LogP contribution in [-0.2, 0) is 6.42 Å². The van der Waals surface area contributed by atoms with Gasteiger partial charge in [-0.15, -0.1) is 0 Å². The summed E-state index contributed by atoms with van der Waals surface area (Å²) in [7, 11) is 0. The zero-order chi connectivity index (χ0) is 20.1. The van der Waals surface area contributed by atoms with Gasteiger partial charge in [-0.3, -0.25) is 9.59 Å². The van der Waals surface area contributed by atoms with Crippen molar-refractivity contribution in [2.75, 3.05) is 19.8 Å². The van der Waals surface area contributed by atoms with Gasteiger partial charge in [0.2, 0.25) is 0 Å². The second-order valence-corrected chi connectivity index (χ2v) is 6.72. The summed E-state index contributed by atoms with van der Waals surface area (Å²) < 4.78 is 11.1. The Morgan fingerprint density at radius 1 is 0.793 bits per heavy atom. The van der Waals surface area contributed by atoms with Crippen LogP contribution in [-0.4, -0.2) is 31.4 Å². The lowest BCUT2D eigenvalue weighted by molar-refractivity contribution is 0.0942. The summed E-state index contributed by atoms with van der Waals surface area (Å²) in [5.74, 6) is 1.06. The summed E-state index contributed by atoms with van der Waals surface area (Å²) in [6.07, 6.45) is 0.650. The van der Waals surface area contributed by atoms with Gasteiger partial charge in [0.05, 0.1) is 5.56 Å². The highest BCUT2D eigenvalue weighted by Crippen LogP contribution is 2.30. The molecular weight excluding hydrogens is 366 g/mol. The zero-order valence-electron chi connectivity index (χ0n) is 15.9. The standard InChI is InChI=1S/C24H21NO4/c26-23(18-6-2-1-3-7-18)19-8-4-5-9-20(19)24(27)25-13-12-17-10-11-21-22(16-17)29-15-14-28-21/h1-11,16H,12-15H2,(H,25,27). The molecule has 1 heterocycles. The first-order valence-corrected chi connectivity index (χ1v) is 9.58. The van der Waals surface area contributed by atoms with E-state index in [2.05, 4.69) is 5.32 Å². The summed E-state index contributed by atoms with van der Waals surface area (Å²) in [6.45, 7) is 1.55. The third kappa shape index (κ3) is 4.29. The average molecular weight is 387 g/mol. The maximum Gasteiger partial charge on any atom is 0.252 e. The smallest absolute Gasteiger partial charge is 0.252 e. The minimum absolute atomic E-state index is 0.164. The fourth-order valence-corrected chi connectivity index (χ4v) is 3.28. The van der Waals surface area contributed by atoms with Crippen LogP contribution in [0.5, 0.6) is 11.5 Å². The van der Waals surface area contributed by atoms with E-state index in [0.29, 0.717) is 42.9 Å². The lowest BCUT2D eigenvalue weighted by Gasteiger charge is -2.19. The Bertz CT molecular complexity index is 1030. The van der Waals surface area contributed by atoms with Crippen molar-refractivity contribution in [1.29, 1.82) is 0 Å². The molecule has 146 valence electrons. The quantitative estimate of drug-likeness (QED) is 0.656. The van der Waals surface area contributed by atoms with Crippen molar-refractivity contribution in [3.8, 4) is 11.5 Å². The van der Waals surface area contributed by atoms with E-state index in [1.165, 1.54) is 0 Å². The van der Waals surface area contributed by atoms with Crippen LogP contribution in [0, 0.1) is 0 Å². The molecule has 0 saturated heterocycles. The molecule has 1 aliphatic heterocycles. The number of carbonyl (C=O) groups excluding carboxylic acids is 2. The SMILES string of the molecule is O=C(NCCc1ccc2c(c1)OCCO2)c1ccccc1C(=O)c1ccccc1. The number of benzene rings is 3. The molecule has 1 amide bonds. The summed E-state index contributed by atoms with van der Waals surface area (Å²) in [5, 5.41) is 2.91. The number of rotatable bonds is 6. The fraction of sp³-hybridized carbons (Fsp3) is 0.167. The molecule has 5 nitrogen and oxygen atoms in total. The van der Waals surface area contributed by atoms with Gasteiger partial charge in [-0.05, 0) is 30.2 Å². The fourth-order valence-electron chi connectivity index (χ4n) is 3.28. The summed E-state index contributed by atoms with van der Waals surface area (Å²) in [4.78, 5) is 25.5. The van der Waals surface area contributed by atoms with E-state index in [9.17, 15) is 9.59 Å². The highest BCUT2D eigenvalue weighted by molar-refractivity contribution is 6.15. The zero-order valence-corrected chi connectivity index (χ0v) is 15.9. The van der Waals surface area contributed by atoms with Crippen LogP contribution in [0.2, 0.25) is 0 Å². The van der Waals surface area contributed by atoms with Crippen LogP contribution < -0.4 is 14.8 Å². The Kier molecular flexibility index (Phi) is 5.56. The Morgan fingerprint density at radius 2 is 1.48 bits per heavy atom. The molecule has 3 aromatic carbocycles. The Morgan fingerprint density at radius 3 is 2.28 bits per heavy atom.